The van der Waals surface area contributed by atoms with E-state index in [1.807, 2.05) is 30.3 Å². The summed E-state index contributed by atoms with van der Waals surface area (Å²) in [6.07, 6.45) is 1.02. The fourth-order valence-corrected chi connectivity index (χ4v) is 7.23. The lowest BCUT2D eigenvalue weighted by Crippen LogP contribution is -2.59. The van der Waals surface area contributed by atoms with Crippen LogP contribution in [0.25, 0.3) is 10.7 Å². The average molecular weight is 636 g/mol. The van der Waals surface area contributed by atoms with Gasteiger partial charge in [-0.1, -0.05) is 70.5 Å². The van der Waals surface area contributed by atoms with Gasteiger partial charge < -0.3 is 24.3 Å². The SMILES string of the molecule is CNC(=O)c1ncc(Cl)cc1S[C@H]1OC2COC(c3ccccc3)O[C@@H]2C(n2cc(-c3nc(Cl)cs3)nn2)C1OC. The maximum atomic E-state index is 12.6. The molecule has 6 atom stereocenters. The molecule has 4 aromatic rings. The molecule has 4 unspecified atom stereocenters. The molecule has 0 saturated carbocycles. The molecule has 41 heavy (non-hydrogen) atoms. The molecule has 0 radical (unpaired) electrons. The Bertz CT molecular complexity index is 1530. The summed E-state index contributed by atoms with van der Waals surface area (Å²) in [5.41, 5.74) is 1.06. The molecule has 1 aromatic carbocycles. The van der Waals surface area contributed by atoms with E-state index in [-0.39, 0.29) is 18.2 Å². The van der Waals surface area contributed by atoms with Gasteiger partial charge in [-0.25, -0.2) is 14.6 Å². The Hall–Kier alpha value is -2.62. The number of methoxy groups -OCH3 is 1. The maximum absolute atomic E-state index is 12.6. The van der Waals surface area contributed by atoms with Crippen LogP contribution in [0, 0.1) is 0 Å². The first kappa shape index (κ1) is 28.5. The highest BCUT2D eigenvalue weighted by Crippen LogP contribution is 2.45. The van der Waals surface area contributed by atoms with Crippen molar-refractivity contribution in [3.63, 3.8) is 0 Å². The summed E-state index contributed by atoms with van der Waals surface area (Å²) in [7, 11) is 3.14. The summed E-state index contributed by atoms with van der Waals surface area (Å²) in [6.45, 7) is 0.258. The van der Waals surface area contributed by atoms with E-state index in [1.54, 1.807) is 36.5 Å². The van der Waals surface area contributed by atoms with Crippen molar-refractivity contribution in [1.82, 2.24) is 30.3 Å². The number of thiazole rings is 1. The number of nitrogens with zero attached hydrogens (tertiary/aromatic N) is 5. The third-order valence-electron chi connectivity index (χ3n) is 6.67. The number of hydrogen-bond donors (Lipinski definition) is 1. The Morgan fingerprint density at radius 2 is 2.07 bits per heavy atom. The number of benzene rings is 1. The summed E-state index contributed by atoms with van der Waals surface area (Å²) < 4.78 is 26.9. The van der Waals surface area contributed by atoms with E-state index in [2.05, 4.69) is 25.6 Å². The molecule has 3 aromatic heterocycles. The normalized spacial score (nSPS) is 26.0. The van der Waals surface area contributed by atoms with Gasteiger partial charge in [-0.2, -0.15) is 0 Å². The number of rotatable bonds is 7. The number of halogens is 2. The highest BCUT2D eigenvalue weighted by molar-refractivity contribution is 8.00. The van der Waals surface area contributed by atoms with Gasteiger partial charge in [-0.3, -0.25) is 4.79 Å². The monoisotopic (exact) mass is 634 g/mol. The van der Waals surface area contributed by atoms with Gasteiger partial charge in [0.15, 0.2) is 6.29 Å². The lowest BCUT2D eigenvalue weighted by Gasteiger charge is -2.48. The zero-order chi connectivity index (χ0) is 28.5. The van der Waals surface area contributed by atoms with Gasteiger partial charge in [0.1, 0.15) is 51.3 Å². The molecule has 2 fully saturated rings. The van der Waals surface area contributed by atoms with Gasteiger partial charge in [-0.15, -0.1) is 16.4 Å². The topological polar surface area (TPSA) is 123 Å². The third kappa shape index (κ3) is 5.86. The van der Waals surface area contributed by atoms with Crippen LogP contribution in [0.3, 0.4) is 0 Å². The van der Waals surface area contributed by atoms with Crippen molar-refractivity contribution in [2.75, 3.05) is 20.8 Å². The average Bonchev–Trinajstić information content (AvgIpc) is 3.65. The molecule has 214 valence electrons. The van der Waals surface area contributed by atoms with E-state index in [1.165, 1.54) is 29.3 Å². The Kier molecular flexibility index (Phi) is 8.56. The van der Waals surface area contributed by atoms with Crippen molar-refractivity contribution in [2.45, 2.75) is 41.0 Å². The Morgan fingerprint density at radius 3 is 2.80 bits per heavy atom. The quantitative estimate of drug-likeness (QED) is 0.307. The number of carbonyl (C=O) groups is 1. The number of amides is 1. The number of nitrogens with one attached hydrogen (secondary N) is 1. The molecule has 5 heterocycles. The summed E-state index contributed by atoms with van der Waals surface area (Å²) in [5, 5.41) is 14.6. The molecule has 0 spiro atoms. The fraction of sp³-hybridized carbons (Fsp3) is 0.346. The molecule has 6 rings (SSSR count). The van der Waals surface area contributed by atoms with Crippen molar-refractivity contribution in [3.05, 3.63) is 75.6 Å². The minimum absolute atomic E-state index is 0.225. The van der Waals surface area contributed by atoms with Crippen LogP contribution in [-0.2, 0) is 18.9 Å². The summed E-state index contributed by atoms with van der Waals surface area (Å²) >= 11 is 15.0. The van der Waals surface area contributed by atoms with Gasteiger partial charge in [0.25, 0.3) is 5.91 Å². The molecule has 1 N–H and O–H groups in total. The van der Waals surface area contributed by atoms with Crippen molar-refractivity contribution < 1.29 is 23.7 Å². The molecule has 2 aliphatic heterocycles. The zero-order valence-electron chi connectivity index (χ0n) is 21.7. The number of aromatic nitrogens is 5. The van der Waals surface area contributed by atoms with E-state index in [0.29, 0.717) is 25.8 Å². The maximum Gasteiger partial charge on any atom is 0.270 e. The Morgan fingerprint density at radius 1 is 1.24 bits per heavy atom. The first-order chi connectivity index (χ1) is 19.9. The second-order valence-electron chi connectivity index (χ2n) is 9.17. The van der Waals surface area contributed by atoms with Crippen molar-refractivity contribution in [2.24, 2.45) is 0 Å². The number of hydrogen-bond acceptors (Lipinski definition) is 11. The number of thioether (sulfide) groups is 1. The van der Waals surface area contributed by atoms with Crippen LogP contribution in [0.2, 0.25) is 10.2 Å². The Labute approximate surface area is 253 Å². The summed E-state index contributed by atoms with van der Waals surface area (Å²) in [4.78, 5) is 21.7. The predicted octanol–water partition coefficient (Wildman–Crippen LogP) is 4.65. The smallest absolute Gasteiger partial charge is 0.270 e. The molecule has 2 aliphatic rings. The second-order valence-corrected chi connectivity index (χ2v) is 12.0. The molecular weight excluding hydrogens is 611 g/mol. The van der Waals surface area contributed by atoms with E-state index in [9.17, 15) is 4.79 Å². The van der Waals surface area contributed by atoms with Crippen LogP contribution in [0.15, 0.2) is 59.1 Å². The summed E-state index contributed by atoms with van der Waals surface area (Å²) in [6, 6.07) is 10.9. The van der Waals surface area contributed by atoms with E-state index in [0.717, 1.165) is 5.56 Å². The standard InChI is InChI=1S/C26H24Cl2N6O5S2/c1-29-23(35)19-17(8-14(27)9-30-19)41-26-22(36-2)20(34-10-15(32-33-34)24-31-18(28)12-40-24)21-16(38-26)11-37-25(39-21)13-6-4-3-5-7-13/h3-10,12,16,20-22,25-26H,11H2,1-2H3,(H,29,35)/t16?,20?,21-,22?,25?,26+/m0/s1. The molecule has 11 nitrogen and oxygen atoms in total. The number of fused-ring (bicyclic) bond motifs is 1. The lowest BCUT2D eigenvalue weighted by atomic mass is 9.96. The zero-order valence-corrected chi connectivity index (χ0v) is 24.9. The van der Waals surface area contributed by atoms with Crippen LogP contribution in [0.5, 0.6) is 0 Å². The molecular formula is C26H24Cl2N6O5S2. The molecule has 0 bridgehead atoms. The van der Waals surface area contributed by atoms with Crippen LogP contribution < -0.4 is 5.32 Å². The fourth-order valence-electron chi connectivity index (χ4n) is 4.81. The van der Waals surface area contributed by atoms with Gasteiger partial charge in [0.2, 0.25) is 0 Å². The molecule has 2 saturated heterocycles. The highest BCUT2D eigenvalue weighted by Gasteiger charge is 2.52. The van der Waals surface area contributed by atoms with Crippen LogP contribution in [-0.4, -0.2) is 75.4 Å². The first-order valence-corrected chi connectivity index (χ1v) is 15.0. The van der Waals surface area contributed by atoms with Crippen LogP contribution in [0.1, 0.15) is 28.4 Å². The van der Waals surface area contributed by atoms with Gasteiger partial charge in [0, 0.05) is 36.2 Å². The molecule has 1 amide bonds. The second kappa shape index (κ2) is 12.3. The van der Waals surface area contributed by atoms with Crippen molar-refractivity contribution in [1.29, 1.82) is 0 Å². The molecule has 0 aliphatic carbocycles. The predicted molar refractivity (Wildman–Crippen MR) is 153 cm³/mol. The van der Waals surface area contributed by atoms with E-state index >= 15 is 0 Å². The largest absolute Gasteiger partial charge is 0.375 e. The molecule has 15 heteroatoms. The van der Waals surface area contributed by atoms with Crippen molar-refractivity contribution in [3.8, 4) is 10.7 Å². The van der Waals surface area contributed by atoms with Crippen LogP contribution >= 0.6 is 46.3 Å². The summed E-state index contributed by atoms with van der Waals surface area (Å²) in [5.74, 6) is -0.346. The van der Waals surface area contributed by atoms with Crippen LogP contribution in [0.4, 0.5) is 0 Å². The van der Waals surface area contributed by atoms with Gasteiger partial charge in [0.05, 0.1) is 17.8 Å². The van der Waals surface area contributed by atoms with E-state index < -0.39 is 36.1 Å². The minimum Gasteiger partial charge on any atom is -0.375 e. The van der Waals surface area contributed by atoms with Gasteiger partial charge in [-0.05, 0) is 6.07 Å². The Balaban J connectivity index is 1.37. The number of pyridine rings is 1. The van der Waals surface area contributed by atoms with Gasteiger partial charge >= 0.3 is 0 Å². The highest BCUT2D eigenvalue weighted by atomic mass is 35.5. The number of carbonyl (C=O) groups excluding carboxylic acids is 1. The first-order valence-electron chi connectivity index (χ1n) is 12.5. The number of ether oxygens (including phenoxy) is 4. The minimum atomic E-state index is -0.614. The third-order valence-corrected chi connectivity index (χ3v) is 9.24. The van der Waals surface area contributed by atoms with Crippen molar-refractivity contribution >= 4 is 52.2 Å². The van der Waals surface area contributed by atoms with E-state index in [4.69, 9.17) is 42.1 Å². The lowest BCUT2D eigenvalue weighted by molar-refractivity contribution is -0.308.